The minimum Gasteiger partial charge on any atom is -0.496 e. The maximum absolute atomic E-state index is 13.5. The first kappa shape index (κ1) is 12.9. The molecule has 0 atom stereocenters. The molecule has 0 aliphatic rings. The number of ether oxygens (including phenoxy) is 1. The first-order valence-corrected chi connectivity index (χ1v) is 5.25. The summed E-state index contributed by atoms with van der Waals surface area (Å²) < 4.78 is 31.9. The molecule has 1 aromatic carbocycles. The number of nitrogens with two attached hydrogens (primary N) is 1. The first-order valence-electron chi connectivity index (χ1n) is 5.25. The van der Waals surface area contributed by atoms with Crippen molar-refractivity contribution in [3.63, 3.8) is 0 Å². The highest BCUT2D eigenvalue weighted by Crippen LogP contribution is 2.37. The van der Waals surface area contributed by atoms with E-state index in [-0.39, 0.29) is 11.3 Å². The van der Waals surface area contributed by atoms with Crippen LogP contribution in [0.25, 0.3) is 0 Å². The lowest BCUT2D eigenvalue weighted by Gasteiger charge is -2.19. The molecule has 2 N–H and O–H groups in total. The van der Waals surface area contributed by atoms with Gasteiger partial charge in [-0.3, -0.25) is 0 Å². The number of rotatable bonds is 5. The number of alkyl halides is 2. The number of halogens is 2. The molecule has 0 amide bonds. The number of benzene rings is 1. The second-order valence-electron chi connectivity index (χ2n) is 3.78. The average molecular weight is 229 g/mol. The van der Waals surface area contributed by atoms with Gasteiger partial charge in [-0.1, -0.05) is 12.1 Å². The summed E-state index contributed by atoms with van der Waals surface area (Å²) in [7, 11) is 1.40. The Morgan fingerprint density at radius 3 is 2.56 bits per heavy atom. The number of hydrogen-bond donors (Lipinski definition) is 1. The largest absolute Gasteiger partial charge is 0.496 e. The highest BCUT2D eigenvalue weighted by Gasteiger charge is 2.31. The molecule has 0 unspecified atom stereocenters. The van der Waals surface area contributed by atoms with Crippen LogP contribution in [0, 0.1) is 0 Å². The van der Waals surface area contributed by atoms with Crippen LogP contribution in [-0.2, 0) is 12.3 Å². The van der Waals surface area contributed by atoms with Gasteiger partial charge in [0.15, 0.2) is 0 Å². The van der Waals surface area contributed by atoms with Crippen LogP contribution in [0.15, 0.2) is 18.2 Å². The van der Waals surface area contributed by atoms with E-state index in [9.17, 15) is 8.78 Å². The SMILES string of the molecule is COc1cccc(CCCN)c1C(C)(F)F. The summed E-state index contributed by atoms with van der Waals surface area (Å²) in [6, 6.07) is 4.98. The smallest absolute Gasteiger partial charge is 0.274 e. The first-order chi connectivity index (χ1) is 7.50. The maximum Gasteiger partial charge on any atom is 0.274 e. The molecule has 16 heavy (non-hydrogen) atoms. The molecular weight excluding hydrogens is 212 g/mol. The van der Waals surface area contributed by atoms with Crippen molar-refractivity contribution in [2.24, 2.45) is 5.73 Å². The molecule has 2 nitrogen and oxygen atoms in total. The van der Waals surface area contributed by atoms with Crippen LogP contribution in [0.3, 0.4) is 0 Å². The second-order valence-corrected chi connectivity index (χ2v) is 3.78. The molecule has 0 bridgehead atoms. The van der Waals surface area contributed by atoms with Crippen LogP contribution in [0.2, 0.25) is 0 Å². The molecule has 0 heterocycles. The third kappa shape index (κ3) is 2.92. The van der Waals surface area contributed by atoms with Gasteiger partial charge in [0.2, 0.25) is 0 Å². The average Bonchev–Trinajstić information content (AvgIpc) is 2.24. The molecule has 0 fully saturated rings. The van der Waals surface area contributed by atoms with Crippen LogP contribution < -0.4 is 10.5 Å². The third-order valence-electron chi connectivity index (χ3n) is 2.42. The molecular formula is C12H17F2NO. The van der Waals surface area contributed by atoms with E-state index in [4.69, 9.17) is 10.5 Å². The zero-order valence-corrected chi connectivity index (χ0v) is 9.59. The molecule has 0 saturated heterocycles. The van der Waals surface area contributed by atoms with Crippen molar-refractivity contribution in [2.45, 2.75) is 25.7 Å². The van der Waals surface area contributed by atoms with Gasteiger partial charge in [0.25, 0.3) is 5.92 Å². The van der Waals surface area contributed by atoms with Crippen molar-refractivity contribution in [1.29, 1.82) is 0 Å². The predicted molar refractivity (Wildman–Crippen MR) is 59.9 cm³/mol. The number of hydrogen-bond acceptors (Lipinski definition) is 2. The van der Waals surface area contributed by atoms with E-state index in [1.165, 1.54) is 7.11 Å². The molecule has 0 spiro atoms. The quantitative estimate of drug-likeness (QED) is 0.842. The fraction of sp³-hybridized carbons (Fsp3) is 0.500. The van der Waals surface area contributed by atoms with Crippen molar-refractivity contribution in [3.8, 4) is 5.75 Å². The van der Waals surface area contributed by atoms with E-state index in [1.807, 2.05) is 0 Å². The zero-order valence-electron chi connectivity index (χ0n) is 9.59. The summed E-state index contributed by atoms with van der Waals surface area (Å²) in [5, 5.41) is 0. The Bertz CT molecular complexity index is 347. The van der Waals surface area contributed by atoms with E-state index in [0.29, 0.717) is 24.9 Å². The molecule has 1 rings (SSSR count). The molecule has 0 aromatic heterocycles. The van der Waals surface area contributed by atoms with Gasteiger partial charge in [-0.15, -0.1) is 0 Å². The zero-order chi connectivity index (χ0) is 12.2. The van der Waals surface area contributed by atoms with E-state index in [0.717, 1.165) is 6.92 Å². The minimum absolute atomic E-state index is 0.0223. The number of aryl methyl sites for hydroxylation is 1. The fourth-order valence-electron chi connectivity index (χ4n) is 1.75. The summed E-state index contributed by atoms with van der Waals surface area (Å²) in [4.78, 5) is 0. The highest BCUT2D eigenvalue weighted by molar-refractivity contribution is 5.43. The van der Waals surface area contributed by atoms with Gasteiger partial charge in [0.1, 0.15) is 5.75 Å². The molecule has 0 radical (unpaired) electrons. The van der Waals surface area contributed by atoms with Crippen LogP contribution in [-0.4, -0.2) is 13.7 Å². The summed E-state index contributed by atoms with van der Waals surface area (Å²) in [5.74, 6) is -2.65. The van der Waals surface area contributed by atoms with E-state index in [1.54, 1.807) is 18.2 Å². The second kappa shape index (κ2) is 5.25. The highest BCUT2D eigenvalue weighted by atomic mass is 19.3. The predicted octanol–water partition coefficient (Wildman–Crippen LogP) is 2.70. The van der Waals surface area contributed by atoms with E-state index < -0.39 is 5.92 Å². The molecule has 4 heteroatoms. The molecule has 0 saturated carbocycles. The summed E-state index contributed by atoms with van der Waals surface area (Å²) in [5.41, 5.74) is 5.97. The molecule has 1 aromatic rings. The van der Waals surface area contributed by atoms with Gasteiger partial charge >= 0.3 is 0 Å². The normalized spacial score (nSPS) is 11.6. The fourth-order valence-corrected chi connectivity index (χ4v) is 1.75. The van der Waals surface area contributed by atoms with Crippen molar-refractivity contribution >= 4 is 0 Å². The Kier molecular flexibility index (Phi) is 4.24. The third-order valence-corrected chi connectivity index (χ3v) is 2.42. The van der Waals surface area contributed by atoms with Crippen LogP contribution in [0.1, 0.15) is 24.5 Å². The Morgan fingerprint density at radius 1 is 1.38 bits per heavy atom. The summed E-state index contributed by atoms with van der Waals surface area (Å²) >= 11 is 0. The molecule has 0 aliphatic heterocycles. The maximum atomic E-state index is 13.5. The van der Waals surface area contributed by atoms with Gasteiger partial charge in [0.05, 0.1) is 12.7 Å². The Hall–Kier alpha value is -1.16. The lowest BCUT2D eigenvalue weighted by atomic mass is 9.97. The van der Waals surface area contributed by atoms with Gasteiger partial charge in [-0.25, -0.2) is 8.78 Å². The van der Waals surface area contributed by atoms with Crippen LogP contribution >= 0.6 is 0 Å². The standard InChI is InChI=1S/C12H17F2NO/c1-12(13,14)11-9(6-4-8-15)5-3-7-10(11)16-2/h3,5,7H,4,6,8,15H2,1-2H3. The topological polar surface area (TPSA) is 35.2 Å². The van der Waals surface area contributed by atoms with Crippen molar-refractivity contribution in [1.82, 2.24) is 0 Å². The Labute approximate surface area is 94.4 Å². The van der Waals surface area contributed by atoms with Gasteiger partial charge in [-0.05, 0) is 31.0 Å². The Morgan fingerprint density at radius 2 is 2.06 bits per heavy atom. The lowest BCUT2D eigenvalue weighted by molar-refractivity contribution is 0.0141. The lowest BCUT2D eigenvalue weighted by Crippen LogP contribution is -2.13. The molecule has 90 valence electrons. The van der Waals surface area contributed by atoms with E-state index >= 15 is 0 Å². The van der Waals surface area contributed by atoms with Gasteiger partial charge in [-0.2, -0.15) is 0 Å². The monoisotopic (exact) mass is 229 g/mol. The van der Waals surface area contributed by atoms with Crippen molar-refractivity contribution < 1.29 is 13.5 Å². The summed E-state index contributed by atoms with van der Waals surface area (Å²) in [6.07, 6.45) is 1.24. The van der Waals surface area contributed by atoms with Crippen molar-refractivity contribution in [3.05, 3.63) is 29.3 Å². The Balaban J connectivity index is 3.16. The van der Waals surface area contributed by atoms with Gasteiger partial charge in [0, 0.05) is 6.92 Å². The van der Waals surface area contributed by atoms with Crippen molar-refractivity contribution in [2.75, 3.05) is 13.7 Å². The van der Waals surface area contributed by atoms with Crippen LogP contribution in [0.4, 0.5) is 8.78 Å². The van der Waals surface area contributed by atoms with Crippen LogP contribution in [0.5, 0.6) is 5.75 Å². The molecule has 0 aliphatic carbocycles. The van der Waals surface area contributed by atoms with E-state index in [2.05, 4.69) is 0 Å². The van der Waals surface area contributed by atoms with Gasteiger partial charge < -0.3 is 10.5 Å². The number of methoxy groups -OCH3 is 1. The minimum atomic E-state index is -2.89. The summed E-state index contributed by atoms with van der Waals surface area (Å²) in [6.45, 7) is 1.38.